The van der Waals surface area contributed by atoms with Gasteiger partial charge in [0.15, 0.2) is 5.69 Å². The molecular weight excluding hydrogens is 272 g/mol. The SMILES string of the molecule is COC(=O)c1nnn(CC(O)CC2CCCC2)c1CCN. The van der Waals surface area contributed by atoms with E-state index in [9.17, 15) is 9.90 Å². The monoisotopic (exact) mass is 296 g/mol. The first-order chi connectivity index (χ1) is 10.2. The molecule has 1 fully saturated rings. The number of aliphatic hydroxyl groups excluding tert-OH is 1. The number of hydrogen-bond donors (Lipinski definition) is 2. The molecule has 1 heterocycles. The van der Waals surface area contributed by atoms with Crippen LogP contribution in [0.4, 0.5) is 0 Å². The fourth-order valence-electron chi connectivity index (χ4n) is 3.02. The molecule has 1 atom stereocenters. The van der Waals surface area contributed by atoms with Crippen molar-refractivity contribution in [1.82, 2.24) is 15.0 Å². The average Bonchev–Trinajstić information content (AvgIpc) is 3.09. The fraction of sp³-hybridized carbons (Fsp3) is 0.786. The van der Waals surface area contributed by atoms with E-state index in [0.29, 0.717) is 31.1 Å². The number of hydrogen-bond acceptors (Lipinski definition) is 6. The summed E-state index contributed by atoms with van der Waals surface area (Å²) < 4.78 is 6.27. The van der Waals surface area contributed by atoms with E-state index in [1.165, 1.54) is 32.8 Å². The number of nitrogens with two attached hydrogens (primary N) is 1. The minimum Gasteiger partial charge on any atom is -0.464 e. The Kier molecular flexibility index (Phi) is 5.69. The van der Waals surface area contributed by atoms with Crippen LogP contribution in [-0.2, 0) is 17.7 Å². The molecule has 7 heteroatoms. The highest BCUT2D eigenvalue weighted by Gasteiger charge is 2.23. The molecule has 1 aromatic heterocycles. The number of esters is 1. The fourth-order valence-corrected chi connectivity index (χ4v) is 3.02. The van der Waals surface area contributed by atoms with E-state index in [1.807, 2.05) is 0 Å². The van der Waals surface area contributed by atoms with Gasteiger partial charge in [-0.25, -0.2) is 9.48 Å². The first-order valence-corrected chi connectivity index (χ1v) is 7.54. The van der Waals surface area contributed by atoms with Crippen LogP contribution in [0.15, 0.2) is 0 Å². The molecule has 0 radical (unpaired) electrons. The highest BCUT2D eigenvalue weighted by Crippen LogP contribution is 2.28. The molecule has 21 heavy (non-hydrogen) atoms. The van der Waals surface area contributed by atoms with Crippen LogP contribution in [0, 0.1) is 5.92 Å². The smallest absolute Gasteiger partial charge is 0.360 e. The number of methoxy groups -OCH3 is 1. The van der Waals surface area contributed by atoms with Crippen molar-refractivity contribution in [3.8, 4) is 0 Å². The van der Waals surface area contributed by atoms with Crippen molar-refractivity contribution in [2.24, 2.45) is 11.7 Å². The number of ether oxygens (including phenoxy) is 1. The van der Waals surface area contributed by atoms with Gasteiger partial charge in [0.25, 0.3) is 0 Å². The number of carbonyl (C=O) groups excluding carboxylic acids is 1. The van der Waals surface area contributed by atoms with E-state index in [0.717, 1.165) is 6.42 Å². The molecule has 1 aliphatic carbocycles. The third-order valence-corrected chi connectivity index (χ3v) is 4.06. The second-order valence-electron chi connectivity index (χ2n) is 5.64. The molecule has 0 aromatic carbocycles. The molecule has 1 saturated carbocycles. The van der Waals surface area contributed by atoms with Crippen LogP contribution in [0.25, 0.3) is 0 Å². The predicted molar refractivity (Wildman–Crippen MR) is 76.7 cm³/mol. The lowest BCUT2D eigenvalue weighted by Gasteiger charge is -2.16. The summed E-state index contributed by atoms with van der Waals surface area (Å²) in [7, 11) is 1.31. The van der Waals surface area contributed by atoms with Gasteiger partial charge in [-0.1, -0.05) is 30.9 Å². The molecular formula is C14H24N4O3. The predicted octanol–water partition coefficient (Wildman–Crippen LogP) is 0.507. The standard InChI is InChI=1S/C14H24N4O3/c1-21-14(20)13-12(6-7-15)18(17-16-13)9-11(19)8-10-4-2-3-5-10/h10-11,19H,2-9,15H2,1H3. The normalized spacial score (nSPS) is 17.1. The molecule has 0 saturated heterocycles. The molecule has 0 amide bonds. The summed E-state index contributed by atoms with van der Waals surface area (Å²) in [6.07, 6.45) is 5.67. The van der Waals surface area contributed by atoms with E-state index < -0.39 is 12.1 Å². The molecule has 3 N–H and O–H groups in total. The minimum atomic E-state index is -0.519. The van der Waals surface area contributed by atoms with Gasteiger partial charge in [-0.3, -0.25) is 0 Å². The van der Waals surface area contributed by atoms with Gasteiger partial charge in [-0.15, -0.1) is 5.10 Å². The van der Waals surface area contributed by atoms with E-state index in [1.54, 1.807) is 4.68 Å². The van der Waals surface area contributed by atoms with Crippen molar-refractivity contribution in [3.63, 3.8) is 0 Å². The van der Waals surface area contributed by atoms with Gasteiger partial charge in [-0.2, -0.15) is 0 Å². The first-order valence-electron chi connectivity index (χ1n) is 7.54. The maximum atomic E-state index is 11.6. The van der Waals surface area contributed by atoms with Gasteiger partial charge < -0.3 is 15.6 Å². The lowest BCUT2D eigenvalue weighted by Crippen LogP contribution is -2.22. The Morgan fingerprint density at radius 2 is 2.24 bits per heavy atom. The number of rotatable bonds is 7. The topological polar surface area (TPSA) is 103 Å². The second kappa shape index (κ2) is 7.51. The Labute approximate surface area is 124 Å². The van der Waals surface area contributed by atoms with Crippen LogP contribution in [0.2, 0.25) is 0 Å². The van der Waals surface area contributed by atoms with Crippen LogP contribution < -0.4 is 5.73 Å². The van der Waals surface area contributed by atoms with Crippen LogP contribution in [0.5, 0.6) is 0 Å². The van der Waals surface area contributed by atoms with Crippen LogP contribution in [0.1, 0.15) is 48.3 Å². The largest absolute Gasteiger partial charge is 0.464 e. The maximum Gasteiger partial charge on any atom is 0.360 e. The van der Waals surface area contributed by atoms with Crippen molar-refractivity contribution >= 4 is 5.97 Å². The van der Waals surface area contributed by atoms with Crippen molar-refractivity contribution in [1.29, 1.82) is 0 Å². The van der Waals surface area contributed by atoms with Gasteiger partial charge >= 0.3 is 5.97 Å². The summed E-state index contributed by atoms with van der Waals surface area (Å²) in [5.41, 5.74) is 6.40. The summed E-state index contributed by atoms with van der Waals surface area (Å²) in [6.45, 7) is 0.728. The first kappa shape index (κ1) is 15.9. The van der Waals surface area contributed by atoms with Gasteiger partial charge in [0.2, 0.25) is 0 Å². The zero-order chi connectivity index (χ0) is 15.2. The molecule has 1 aromatic rings. The number of aliphatic hydroxyl groups is 1. The zero-order valence-corrected chi connectivity index (χ0v) is 12.5. The average molecular weight is 296 g/mol. The van der Waals surface area contributed by atoms with E-state index in [-0.39, 0.29) is 5.69 Å². The van der Waals surface area contributed by atoms with E-state index in [4.69, 9.17) is 10.5 Å². The van der Waals surface area contributed by atoms with Gasteiger partial charge in [0, 0.05) is 6.42 Å². The Hall–Kier alpha value is -1.47. The molecule has 0 spiro atoms. The lowest BCUT2D eigenvalue weighted by atomic mass is 10.00. The van der Waals surface area contributed by atoms with E-state index in [2.05, 4.69) is 10.3 Å². The Morgan fingerprint density at radius 1 is 1.52 bits per heavy atom. The summed E-state index contributed by atoms with van der Waals surface area (Å²) in [5, 5.41) is 18.1. The molecule has 7 nitrogen and oxygen atoms in total. The van der Waals surface area contributed by atoms with Crippen LogP contribution >= 0.6 is 0 Å². The summed E-state index contributed by atoms with van der Waals surface area (Å²) in [4.78, 5) is 11.6. The van der Waals surface area contributed by atoms with Crippen molar-refractivity contribution in [3.05, 3.63) is 11.4 Å². The molecule has 0 bridgehead atoms. The summed E-state index contributed by atoms with van der Waals surface area (Å²) >= 11 is 0. The van der Waals surface area contributed by atoms with Gasteiger partial charge in [-0.05, 0) is 18.9 Å². The highest BCUT2D eigenvalue weighted by molar-refractivity contribution is 5.88. The molecule has 1 aliphatic rings. The summed E-state index contributed by atoms with van der Waals surface area (Å²) in [6, 6.07) is 0. The second-order valence-corrected chi connectivity index (χ2v) is 5.64. The summed E-state index contributed by atoms with van der Waals surface area (Å²) in [5.74, 6) is 0.0801. The highest BCUT2D eigenvalue weighted by atomic mass is 16.5. The lowest BCUT2D eigenvalue weighted by molar-refractivity contribution is 0.0592. The van der Waals surface area contributed by atoms with Crippen molar-refractivity contribution in [2.45, 2.75) is 51.2 Å². The maximum absolute atomic E-state index is 11.6. The quantitative estimate of drug-likeness (QED) is 0.710. The van der Waals surface area contributed by atoms with Gasteiger partial charge in [0.05, 0.1) is 25.5 Å². The zero-order valence-electron chi connectivity index (χ0n) is 12.5. The number of aromatic nitrogens is 3. The number of nitrogens with zero attached hydrogens (tertiary/aromatic N) is 3. The van der Waals surface area contributed by atoms with Crippen molar-refractivity contribution in [2.75, 3.05) is 13.7 Å². The Morgan fingerprint density at radius 3 is 2.86 bits per heavy atom. The Balaban J connectivity index is 2.04. The van der Waals surface area contributed by atoms with Gasteiger partial charge in [0.1, 0.15) is 0 Å². The Bertz CT molecular complexity index is 469. The van der Waals surface area contributed by atoms with Crippen LogP contribution in [-0.4, -0.2) is 45.8 Å². The molecule has 118 valence electrons. The van der Waals surface area contributed by atoms with Crippen LogP contribution in [0.3, 0.4) is 0 Å². The van der Waals surface area contributed by atoms with E-state index >= 15 is 0 Å². The van der Waals surface area contributed by atoms with Crippen molar-refractivity contribution < 1.29 is 14.6 Å². The number of carbonyl (C=O) groups is 1. The molecule has 1 unspecified atom stereocenters. The molecule has 2 rings (SSSR count). The third kappa shape index (κ3) is 4.01. The molecule has 0 aliphatic heterocycles. The minimum absolute atomic E-state index is 0.191. The third-order valence-electron chi connectivity index (χ3n) is 4.06.